The zero-order valence-electron chi connectivity index (χ0n) is 15.4. The first-order valence-electron chi connectivity index (χ1n) is 8.62. The van der Waals surface area contributed by atoms with Gasteiger partial charge < -0.3 is 14.4 Å². The number of para-hydroxylation sites is 1. The van der Waals surface area contributed by atoms with Crippen LogP contribution in [0, 0.1) is 11.3 Å². The van der Waals surface area contributed by atoms with Crippen LogP contribution in [0.15, 0.2) is 54.6 Å². The number of nitrogens with zero attached hydrogens (tertiary/aromatic N) is 2. The molecule has 0 saturated heterocycles. The standard InChI is InChI=1S/C21H22N2O4/c1-16(2)23(13-17-8-4-3-5-9-17)20(24)14-27-21(25)15-26-19-11-7-6-10-18(19)12-22/h3-11,16H,13-15H2,1-2H3. The normalized spacial score (nSPS) is 10.1. The molecule has 0 aromatic heterocycles. The van der Waals surface area contributed by atoms with E-state index in [1.54, 1.807) is 29.2 Å². The molecule has 0 aliphatic carbocycles. The first-order valence-corrected chi connectivity index (χ1v) is 8.62. The van der Waals surface area contributed by atoms with Crippen LogP contribution in [0.5, 0.6) is 5.75 Å². The quantitative estimate of drug-likeness (QED) is 0.671. The fourth-order valence-electron chi connectivity index (χ4n) is 2.43. The zero-order valence-corrected chi connectivity index (χ0v) is 15.4. The van der Waals surface area contributed by atoms with Crippen LogP contribution in [-0.4, -0.2) is 36.0 Å². The van der Waals surface area contributed by atoms with Crippen LogP contribution in [0.25, 0.3) is 0 Å². The minimum absolute atomic E-state index is 0.0323. The third-order valence-corrected chi connectivity index (χ3v) is 3.85. The molecule has 2 aromatic rings. The van der Waals surface area contributed by atoms with Crippen LogP contribution >= 0.6 is 0 Å². The second-order valence-electron chi connectivity index (χ2n) is 6.16. The molecule has 0 saturated carbocycles. The molecule has 2 aromatic carbocycles. The largest absolute Gasteiger partial charge is 0.481 e. The summed E-state index contributed by atoms with van der Waals surface area (Å²) in [6.07, 6.45) is 0. The fourth-order valence-corrected chi connectivity index (χ4v) is 2.43. The van der Waals surface area contributed by atoms with Crippen molar-refractivity contribution in [2.75, 3.05) is 13.2 Å². The molecule has 0 fully saturated rings. The number of carbonyl (C=O) groups is 2. The molecule has 0 atom stereocenters. The average molecular weight is 366 g/mol. The highest BCUT2D eigenvalue weighted by molar-refractivity contribution is 5.81. The van der Waals surface area contributed by atoms with E-state index in [0.717, 1.165) is 5.56 Å². The molecule has 0 aliphatic heterocycles. The monoisotopic (exact) mass is 366 g/mol. The molecule has 0 aliphatic rings. The molecule has 140 valence electrons. The number of carbonyl (C=O) groups excluding carboxylic acids is 2. The number of benzene rings is 2. The zero-order chi connectivity index (χ0) is 19.6. The third-order valence-electron chi connectivity index (χ3n) is 3.85. The summed E-state index contributed by atoms with van der Waals surface area (Å²) in [6.45, 7) is 3.54. The van der Waals surface area contributed by atoms with Gasteiger partial charge in [0, 0.05) is 12.6 Å². The van der Waals surface area contributed by atoms with Crippen LogP contribution in [0.1, 0.15) is 25.0 Å². The van der Waals surface area contributed by atoms with Crippen molar-refractivity contribution in [1.29, 1.82) is 5.26 Å². The summed E-state index contributed by atoms with van der Waals surface area (Å²) in [5.41, 5.74) is 1.33. The maximum absolute atomic E-state index is 12.4. The van der Waals surface area contributed by atoms with Crippen molar-refractivity contribution in [2.24, 2.45) is 0 Å². The predicted molar refractivity (Wildman–Crippen MR) is 99.7 cm³/mol. The summed E-state index contributed by atoms with van der Waals surface area (Å²) in [5.74, 6) is -0.643. The summed E-state index contributed by atoms with van der Waals surface area (Å²) in [5, 5.41) is 9.00. The Kier molecular flexibility index (Phi) is 7.38. The molecule has 0 radical (unpaired) electrons. The molecular formula is C21H22N2O4. The lowest BCUT2D eigenvalue weighted by atomic mass is 10.2. The number of esters is 1. The summed E-state index contributed by atoms with van der Waals surface area (Å²) >= 11 is 0. The van der Waals surface area contributed by atoms with Gasteiger partial charge in [0.05, 0.1) is 5.56 Å². The number of hydrogen-bond acceptors (Lipinski definition) is 5. The number of ether oxygens (including phenoxy) is 2. The molecule has 0 unspecified atom stereocenters. The second-order valence-corrected chi connectivity index (χ2v) is 6.16. The summed E-state index contributed by atoms with van der Waals surface area (Å²) in [7, 11) is 0. The Morgan fingerprint density at radius 1 is 1.04 bits per heavy atom. The van der Waals surface area contributed by atoms with Gasteiger partial charge in [0.25, 0.3) is 5.91 Å². The Bertz CT molecular complexity index is 812. The van der Waals surface area contributed by atoms with E-state index >= 15 is 0 Å². The van der Waals surface area contributed by atoms with E-state index in [2.05, 4.69) is 0 Å². The molecule has 0 bridgehead atoms. The highest BCUT2D eigenvalue weighted by atomic mass is 16.6. The Hall–Kier alpha value is -3.33. The van der Waals surface area contributed by atoms with Crippen molar-refractivity contribution in [3.63, 3.8) is 0 Å². The molecule has 0 N–H and O–H groups in total. The Labute approximate surface area is 158 Å². The van der Waals surface area contributed by atoms with Gasteiger partial charge >= 0.3 is 5.97 Å². The van der Waals surface area contributed by atoms with Gasteiger partial charge in [-0.25, -0.2) is 4.79 Å². The van der Waals surface area contributed by atoms with Crippen LogP contribution in [0.4, 0.5) is 0 Å². The van der Waals surface area contributed by atoms with E-state index in [9.17, 15) is 9.59 Å². The van der Waals surface area contributed by atoms with Crippen LogP contribution in [-0.2, 0) is 20.9 Å². The molecule has 1 amide bonds. The minimum atomic E-state index is -0.667. The summed E-state index contributed by atoms with van der Waals surface area (Å²) < 4.78 is 10.3. The maximum atomic E-state index is 12.4. The van der Waals surface area contributed by atoms with Gasteiger partial charge in [-0.15, -0.1) is 0 Å². The molecule has 6 nitrogen and oxygen atoms in total. The van der Waals surface area contributed by atoms with E-state index in [1.807, 2.05) is 50.2 Å². The van der Waals surface area contributed by atoms with Crippen molar-refractivity contribution >= 4 is 11.9 Å². The number of hydrogen-bond donors (Lipinski definition) is 0. The summed E-state index contributed by atoms with van der Waals surface area (Å²) in [4.78, 5) is 26.0. The van der Waals surface area contributed by atoms with E-state index in [1.165, 1.54) is 0 Å². The van der Waals surface area contributed by atoms with Gasteiger partial charge in [-0.2, -0.15) is 5.26 Å². The number of amides is 1. The lowest BCUT2D eigenvalue weighted by molar-refractivity contribution is -0.154. The van der Waals surface area contributed by atoms with Crippen LogP contribution < -0.4 is 4.74 Å². The van der Waals surface area contributed by atoms with E-state index in [0.29, 0.717) is 17.9 Å². The molecule has 0 heterocycles. The van der Waals surface area contributed by atoms with Crippen molar-refractivity contribution < 1.29 is 19.1 Å². The maximum Gasteiger partial charge on any atom is 0.344 e. The smallest absolute Gasteiger partial charge is 0.344 e. The van der Waals surface area contributed by atoms with Gasteiger partial charge in [-0.1, -0.05) is 42.5 Å². The SMILES string of the molecule is CC(C)N(Cc1ccccc1)C(=O)COC(=O)COc1ccccc1C#N. The van der Waals surface area contributed by atoms with Gasteiger partial charge in [-0.3, -0.25) is 4.79 Å². The minimum Gasteiger partial charge on any atom is -0.481 e. The predicted octanol–water partition coefficient (Wildman–Crippen LogP) is 2.92. The van der Waals surface area contributed by atoms with Gasteiger partial charge in [0.2, 0.25) is 0 Å². The molecular weight excluding hydrogens is 344 g/mol. The highest BCUT2D eigenvalue weighted by Gasteiger charge is 2.19. The van der Waals surface area contributed by atoms with Gasteiger partial charge in [-0.05, 0) is 31.5 Å². The van der Waals surface area contributed by atoms with Crippen molar-refractivity contribution in [1.82, 2.24) is 4.90 Å². The number of nitriles is 1. The van der Waals surface area contributed by atoms with Crippen LogP contribution in [0.3, 0.4) is 0 Å². The lowest BCUT2D eigenvalue weighted by Crippen LogP contribution is -2.39. The van der Waals surface area contributed by atoms with Gasteiger partial charge in [0.1, 0.15) is 11.8 Å². The van der Waals surface area contributed by atoms with E-state index < -0.39 is 5.97 Å². The van der Waals surface area contributed by atoms with Crippen molar-refractivity contribution in [3.05, 3.63) is 65.7 Å². The van der Waals surface area contributed by atoms with Crippen LogP contribution in [0.2, 0.25) is 0 Å². The van der Waals surface area contributed by atoms with Crippen molar-refractivity contribution in [3.8, 4) is 11.8 Å². The Morgan fingerprint density at radius 3 is 2.37 bits per heavy atom. The first kappa shape index (κ1) is 20.0. The molecule has 0 spiro atoms. The number of rotatable bonds is 8. The van der Waals surface area contributed by atoms with E-state index in [4.69, 9.17) is 14.7 Å². The molecule has 27 heavy (non-hydrogen) atoms. The lowest BCUT2D eigenvalue weighted by Gasteiger charge is -2.26. The Morgan fingerprint density at radius 2 is 1.70 bits per heavy atom. The average Bonchev–Trinajstić information content (AvgIpc) is 2.69. The summed E-state index contributed by atoms with van der Waals surface area (Å²) in [6, 6.07) is 18.2. The van der Waals surface area contributed by atoms with Crippen molar-refractivity contribution in [2.45, 2.75) is 26.4 Å². The highest BCUT2D eigenvalue weighted by Crippen LogP contribution is 2.16. The fraction of sp³-hybridized carbons (Fsp3) is 0.286. The molecule has 6 heteroatoms. The topological polar surface area (TPSA) is 79.6 Å². The second kappa shape index (κ2) is 9.97. The molecule has 2 rings (SSSR count). The van der Waals surface area contributed by atoms with Gasteiger partial charge in [0.15, 0.2) is 13.2 Å². The third kappa shape index (κ3) is 6.15. The van der Waals surface area contributed by atoms with E-state index in [-0.39, 0.29) is 25.2 Å². The Balaban J connectivity index is 1.85. The first-order chi connectivity index (χ1) is 13.0.